The van der Waals surface area contributed by atoms with Gasteiger partial charge in [0, 0.05) is 23.9 Å². The first-order chi connectivity index (χ1) is 8.36. The zero-order valence-electron chi connectivity index (χ0n) is 9.64. The number of hydrogen-bond acceptors (Lipinski definition) is 1. The van der Waals surface area contributed by atoms with Gasteiger partial charge in [-0.15, -0.1) is 11.6 Å². The Kier molecular flexibility index (Phi) is 2.89. The van der Waals surface area contributed by atoms with Crippen molar-refractivity contribution in [3.8, 4) is 11.3 Å². The monoisotopic (exact) mass is 246 g/mol. The van der Waals surface area contributed by atoms with Gasteiger partial charge in [0.05, 0.1) is 11.6 Å². The Morgan fingerprint density at radius 2 is 2.00 bits per heavy atom. The third kappa shape index (κ3) is 2.37. The third-order valence-electron chi connectivity index (χ3n) is 3.17. The summed E-state index contributed by atoms with van der Waals surface area (Å²) in [6, 6.07) is 10.3. The van der Waals surface area contributed by atoms with Crippen molar-refractivity contribution < 1.29 is 0 Å². The van der Waals surface area contributed by atoms with Gasteiger partial charge >= 0.3 is 0 Å². The summed E-state index contributed by atoms with van der Waals surface area (Å²) in [6.07, 6.45) is 4.78. The van der Waals surface area contributed by atoms with Crippen LogP contribution in [0.2, 0.25) is 0 Å². The third-order valence-corrected chi connectivity index (χ3v) is 3.46. The first-order valence-electron chi connectivity index (χ1n) is 6.04. The second-order valence-electron chi connectivity index (χ2n) is 4.67. The lowest BCUT2D eigenvalue weighted by Crippen LogP contribution is -1.99. The predicted octanol–water partition coefficient (Wildman–Crippen LogP) is 3.70. The summed E-state index contributed by atoms with van der Waals surface area (Å²) in [5, 5.41) is 4.66. The van der Waals surface area contributed by atoms with E-state index in [2.05, 4.69) is 28.1 Å². The fraction of sp³-hybridized carbons (Fsp3) is 0.357. The molecule has 1 fully saturated rings. The van der Waals surface area contributed by atoms with E-state index in [0.717, 1.165) is 29.3 Å². The minimum absolute atomic E-state index is 0.523. The second kappa shape index (κ2) is 4.53. The van der Waals surface area contributed by atoms with Gasteiger partial charge < -0.3 is 0 Å². The molecule has 0 bridgehead atoms. The molecule has 1 aromatic carbocycles. The van der Waals surface area contributed by atoms with E-state index in [1.165, 1.54) is 12.8 Å². The average Bonchev–Trinajstić information content (AvgIpc) is 3.08. The summed E-state index contributed by atoms with van der Waals surface area (Å²) in [4.78, 5) is 0. The Hall–Kier alpha value is -1.28. The van der Waals surface area contributed by atoms with Crippen molar-refractivity contribution in [2.24, 2.45) is 5.92 Å². The zero-order chi connectivity index (χ0) is 11.7. The lowest BCUT2D eigenvalue weighted by atomic mass is 10.1. The standard InChI is InChI=1S/C14H15ClN2/c15-8-13-10-17(9-11-6-7-11)16-14(13)12-4-2-1-3-5-12/h1-5,10-11H,6-9H2. The first-order valence-corrected chi connectivity index (χ1v) is 6.58. The molecule has 0 atom stereocenters. The molecule has 3 heteroatoms. The van der Waals surface area contributed by atoms with E-state index in [9.17, 15) is 0 Å². The number of hydrogen-bond donors (Lipinski definition) is 0. The normalized spacial score (nSPS) is 15.1. The first kappa shape index (κ1) is 10.8. The van der Waals surface area contributed by atoms with Crippen molar-refractivity contribution in [3.63, 3.8) is 0 Å². The lowest BCUT2D eigenvalue weighted by Gasteiger charge is -1.99. The van der Waals surface area contributed by atoms with Crippen LogP contribution in [0.5, 0.6) is 0 Å². The summed E-state index contributed by atoms with van der Waals surface area (Å²) < 4.78 is 2.05. The van der Waals surface area contributed by atoms with Crippen LogP contribution in [0.1, 0.15) is 18.4 Å². The Morgan fingerprint density at radius 1 is 1.24 bits per heavy atom. The highest BCUT2D eigenvalue weighted by Gasteiger charge is 2.22. The van der Waals surface area contributed by atoms with Gasteiger partial charge in [0.25, 0.3) is 0 Å². The maximum Gasteiger partial charge on any atom is 0.0967 e. The molecule has 2 aromatic rings. The fourth-order valence-corrected chi connectivity index (χ4v) is 2.25. The van der Waals surface area contributed by atoms with E-state index in [4.69, 9.17) is 11.6 Å². The summed E-state index contributed by atoms with van der Waals surface area (Å²) in [5.74, 6) is 1.36. The quantitative estimate of drug-likeness (QED) is 0.753. The largest absolute Gasteiger partial charge is 0.272 e. The van der Waals surface area contributed by atoms with Crippen molar-refractivity contribution in [3.05, 3.63) is 42.1 Å². The van der Waals surface area contributed by atoms with Crippen LogP contribution in [-0.4, -0.2) is 9.78 Å². The van der Waals surface area contributed by atoms with Gasteiger partial charge in [0.1, 0.15) is 0 Å². The predicted molar refractivity (Wildman–Crippen MR) is 69.9 cm³/mol. The number of aromatic nitrogens is 2. The molecule has 3 rings (SSSR count). The lowest BCUT2D eigenvalue weighted by molar-refractivity contribution is 0.564. The number of halogens is 1. The summed E-state index contributed by atoms with van der Waals surface area (Å²) in [6.45, 7) is 1.04. The maximum absolute atomic E-state index is 5.99. The van der Waals surface area contributed by atoms with E-state index < -0.39 is 0 Å². The molecule has 1 heterocycles. The van der Waals surface area contributed by atoms with Crippen molar-refractivity contribution in [1.82, 2.24) is 9.78 Å². The van der Waals surface area contributed by atoms with Gasteiger partial charge in [-0.2, -0.15) is 5.10 Å². The topological polar surface area (TPSA) is 17.8 Å². The van der Waals surface area contributed by atoms with Crippen molar-refractivity contribution in [1.29, 1.82) is 0 Å². The van der Waals surface area contributed by atoms with Crippen molar-refractivity contribution in [2.75, 3.05) is 0 Å². The van der Waals surface area contributed by atoms with Crippen LogP contribution in [0.3, 0.4) is 0 Å². The number of alkyl halides is 1. The van der Waals surface area contributed by atoms with Gasteiger partial charge in [-0.1, -0.05) is 30.3 Å². The van der Waals surface area contributed by atoms with Crippen LogP contribution in [0.15, 0.2) is 36.5 Å². The Morgan fingerprint density at radius 3 is 2.65 bits per heavy atom. The summed E-state index contributed by atoms with van der Waals surface area (Å²) in [5.41, 5.74) is 3.30. The van der Waals surface area contributed by atoms with E-state index in [1.807, 2.05) is 18.2 Å². The second-order valence-corrected chi connectivity index (χ2v) is 4.94. The average molecular weight is 247 g/mol. The van der Waals surface area contributed by atoms with Crippen LogP contribution in [-0.2, 0) is 12.4 Å². The molecule has 0 spiro atoms. The number of nitrogens with zero attached hydrogens (tertiary/aromatic N) is 2. The van der Waals surface area contributed by atoms with Gasteiger partial charge in [0.15, 0.2) is 0 Å². The molecular formula is C14H15ClN2. The van der Waals surface area contributed by atoms with Gasteiger partial charge in [0.2, 0.25) is 0 Å². The molecular weight excluding hydrogens is 232 g/mol. The van der Waals surface area contributed by atoms with Crippen LogP contribution in [0, 0.1) is 5.92 Å². The van der Waals surface area contributed by atoms with E-state index in [-0.39, 0.29) is 0 Å². The molecule has 88 valence electrons. The Labute approximate surface area is 106 Å². The molecule has 1 aromatic heterocycles. The maximum atomic E-state index is 5.99. The number of benzene rings is 1. The molecule has 0 unspecified atom stereocenters. The molecule has 1 aliphatic carbocycles. The zero-order valence-corrected chi connectivity index (χ0v) is 10.4. The highest BCUT2D eigenvalue weighted by Crippen LogP contribution is 2.31. The minimum Gasteiger partial charge on any atom is -0.272 e. The van der Waals surface area contributed by atoms with Gasteiger partial charge in [-0.25, -0.2) is 0 Å². The smallest absolute Gasteiger partial charge is 0.0967 e. The molecule has 0 radical (unpaired) electrons. The van der Waals surface area contributed by atoms with Crippen molar-refractivity contribution in [2.45, 2.75) is 25.3 Å². The fourth-order valence-electron chi connectivity index (χ4n) is 2.06. The van der Waals surface area contributed by atoms with E-state index in [0.29, 0.717) is 5.88 Å². The van der Waals surface area contributed by atoms with E-state index >= 15 is 0 Å². The van der Waals surface area contributed by atoms with Crippen LogP contribution in [0.4, 0.5) is 0 Å². The number of rotatable bonds is 4. The highest BCUT2D eigenvalue weighted by molar-refractivity contribution is 6.17. The van der Waals surface area contributed by atoms with E-state index in [1.54, 1.807) is 0 Å². The molecule has 0 saturated heterocycles. The molecule has 1 saturated carbocycles. The molecule has 17 heavy (non-hydrogen) atoms. The highest BCUT2D eigenvalue weighted by atomic mass is 35.5. The van der Waals surface area contributed by atoms with Gasteiger partial charge in [-0.3, -0.25) is 4.68 Å². The van der Waals surface area contributed by atoms with Crippen LogP contribution < -0.4 is 0 Å². The Bertz CT molecular complexity index is 500. The minimum atomic E-state index is 0.523. The van der Waals surface area contributed by atoms with Crippen molar-refractivity contribution >= 4 is 11.6 Å². The summed E-state index contributed by atoms with van der Waals surface area (Å²) in [7, 11) is 0. The molecule has 0 aliphatic heterocycles. The molecule has 1 aliphatic rings. The van der Waals surface area contributed by atoms with Crippen LogP contribution >= 0.6 is 11.6 Å². The molecule has 2 nitrogen and oxygen atoms in total. The van der Waals surface area contributed by atoms with Gasteiger partial charge in [-0.05, 0) is 18.8 Å². The SMILES string of the molecule is ClCc1cn(CC2CC2)nc1-c1ccccc1. The molecule has 0 amide bonds. The Balaban J connectivity index is 1.94. The molecule has 0 N–H and O–H groups in total. The summed E-state index contributed by atoms with van der Waals surface area (Å²) >= 11 is 5.99. The van der Waals surface area contributed by atoms with Crippen LogP contribution in [0.25, 0.3) is 11.3 Å².